The molecule has 5 rings (SSSR count). The maximum Gasteiger partial charge on any atom is 0.243 e. The molecule has 1 saturated heterocycles. The van der Waals surface area contributed by atoms with Crippen molar-refractivity contribution in [2.24, 2.45) is 17.8 Å². The van der Waals surface area contributed by atoms with E-state index in [4.69, 9.17) is 0 Å². The first-order valence-electron chi connectivity index (χ1n) is 13.6. The zero-order valence-electron chi connectivity index (χ0n) is 22.8. The number of carbonyl (C=O) groups excluding carboxylic acids is 3. The molecule has 2 aliphatic rings. The van der Waals surface area contributed by atoms with Gasteiger partial charge in [0.1, 0.15) is 6.04 Å². The molecule has 2 N–H and O–H groups in total. The van der Waals surface area contributed by atoms with E-state index in [-0.39, 0.29) is 42.5 Å². The second kappa shape index (κ2) is 11.0. The lowest BCUT2D eigenvalue weighted by molar-refractivity contribution is -0.144. The maximum atomic E-state index is 13.9. The fraction of sp³-hybridized carbons (Fsp3) is 0.419. The van der Waals surface area contributed by atoms with Crippen LogP contribution in [0.2, 0.25) is 0 Å². The fourth-order valence-electron chi connectivity index (χ4n) is 6.07. The van der Waals surface area contributed by atoms with Crippen LogP contribution in [-0.4, -0.2) is 51.3 Å². The molecule has 0 bridgehead atoms. The van der Waals surface area contributed by atoms with Crippen molar-refractivity contribution >= 4 is 28.9 Å². The molecule has 3 aromatic rings. The molecule has 2 amide bonds. The van der Waals surface area contributed by atoms with E-state index in [9.17, 15) is 19.5 Å². The van der Waals surface area contributed by atoms with Gasteiger partial charge < -0.3 is 15.3 Å². The molecule has 0 radical (unpaired) electrons. The van der Waals surface area contributed by atoms with Gasteiger partial charge in [-0.1, -0.05) is 62.4 Å². The van der Waals surface area contributed by atoms with Crippen LogP contribution in [0, 0.1) is 24.7 Å². The average Bonchev–Trinajstić information content (AvgIpc) is 3.61. The second-order valence-electron chi connectivity index (χ2n) is 11.1. The molecule has 1 aliphatic carbocycles. The van der Waals surface area contributed by atoms with Gasteiger partial charge in [-0.2, -0.15) is 0 Å². The summed E-state index contributed by atoms with van der Waals surface area (Å²) in [5.41, 5.74) is 6.49. The predicted molar refractivity (Wildman–Crippen MR) is 151 cm³/mol. The van der Waals surface area contributed by atoms with E-state index in [0.29, 0.717) is 12.0 Å². The fourth-order valence-corrected chi connectivity index (χ4v) is 6.88. The molecule has 1 aliphatic heterocycles. The van der Waals surface area contributed by atoms with E-state index in [1.807, 2.05) is 81.7 Å². The van der Waals surface area contributed by atoms with E-state index in [0.717, 1.165) is 27.3 Å². The van der Waals surface area contributed by atoms with Gasteiger partial charge in [0.2, 0.25) is 11.8 Å². The van der Waals surface area contributed by atoms with Gasteiger partial charge in [-0.3, -0.25) is 14.4 Å². The number of benzene rings is 2. The highest BCUT2D eigenvalue weighted by Crippen LogP contribution is 2.37. The summed E-state index contributed by atoms with van der Waals surface area (Å²) in [7, 11) is 0. The highest BCUT2D eigenvalue weighted by atomic mass is 32.1. The summed E-state index contributed by atoms with van der Waals surface area (Å²) in [5.74, 6) is -1.66. The van der Waals surface area contributed by atoms with E-state index in [1.54, 1.807) is 11.3 Å². The number of nitrogens with one attached hydrogen (secondary N) is 1. The van der Waals surface area contributed by atoms with Gasteiger partial charge in [0.05, 0.1) is 34.1 Å². The molecule has 39 heavy (non-hydrogen) atoms. The number of nitrogens with zero attached hydrogens (tertiary/aromatic N) is 2. The van der Waals surface area contributed by atoms with Gasteiger partial charge >= 0.3 is 0 Å². The Labute approximate surface area is 233 Å². The van der Waals surface area contributed by atoms with Crippen molar-refractivity contribution in [3.05, 3.63) is 76.4 Å². The Hall–Kier alpha value is -3.36. The van der Waals surface area contributed by atoms with Crippen molar-refractivity contribution in [1.82, 2.24) is 15.2 Å². The third-order valence-electron chi connectivity index (χ3n) is 8.14. The molecule has 4 unspecified atom stereocenters. The molecule has 2 heterocycles. The number of aliphatic hydroxyl groups is 1. The van der Waals surface area contributed by atoms with E-state index in [2.05, 4.69) is 10.3 Å². The number of likely N-dealkylation sites (tertiary alicyclic amines) is 1. The van der Waals surface area contributed by atoms with Crippen molar-refractivity contribution < 1.29 is 19.5 Å². The number of Topliss-reactive ketones (excluding diaryl/α,β-unsaturated/α-hetero) is 1. The van der Waals surface area contributed by atoms with Crippen LogP contribution in [-0.2, 0) is 16.0 Å². The number of hydrogen-bond donors (Lipinski definition) is 2. The molecule has 5 atom stereocenters. The van der Waals surface area contributed by atoms with Crippen molar-refractivity contribution in [1.29, 1.82) is 0 Å². The van der Waals surface area contributed by atoms with Crippen LogP contribution in [0.1, 0.15) is 60.4 Å². The minimum atomic E-state index is -0.786. The van der Waals surface area contributed by atoms with Gasteiger partial charge in [-0.05, 0) is 42.9 Å². The quantitative estimate of drug-likeness (QED) is 0.453. The lowest BCUT2D eigenvalue weighted by atomic mass is 9.79. The highest BCUT2D eigenvalue weighted by Gasteiger charge is 2.47. The normalized spacial score (nSPS) is 22.2. The molecule has 8 heteroatoms. The molecule has 2 aromatic carbocycles. The SMILES string of the molecule is Cc1ncsc1-c1ccc(C(C)NC(=O)C2C[C@@H](O)CN2C(=O)C(C(C)C)C2Cc3ccccc3C2=O)cc1. The number of aryl methyl sites for hydroxylation is 1. The smallest absolute Gasteiger partial charge is 0.243 e. The predicted octanol–water partition coefficient (Wildman–Crippen LogP) is 4.58. The van der Waals surface area contributed by atoms with Crippen molar-refractivity contribution in [2.75, 3.05) is 6.54 Å². The third-order valence-corrected chi connectivity index (χ3v) is 9.12. The van der Waals surface area contributed by atoms with Crippen molar-refractivity contribution in [3.63, 3.8) is 0 Å². The lowest BCUT2D eigenvalue weighted by Gasteiger charge is -2.33. The third kappa shape index (κ3) is 5.28. The van der Waals surface area contributed by atoms with Crippen LogP contribution in [0.25, 0.3) is 10.4 Å². The Kier molecular flexibility index (Phi) is 7.69. The highest BCUT2D eigenvalue weighted by molar-refractivity contribution is 7.13. The Balaban J connectivity index is 1.30. The number of aromatic nitrogens is 1. The summed E-state index contributed by atoms with van der Waals surface area (Å²) >= 11 is 1.59. The molecule has 7 nitrogen and oxygen atoms in total. The van der Waals surface area contributed by atoms with Crippen molar-refractivity contribution in [3.8, 4) is 10.4 Å². The first-order valence-corrected chi connectivity index (χ1v) is 14.4. The van der Waals surface area contributed by atoms with E-state index >= 15 is 0 Å². The van der Waals surface area contributed by atoms with Crippen LogP contribution >= 0.6 is 11.3 Å². The topological polar surface area (TPSA) is 99.6 Å². The Morgan fingerprint density at radius 2 is 1.82 bits per heavy atom. The van der Waals surface area contributed by atoms with Gasteiger partial charge in [-0.25, -0.2) is 4.98 Å². The number of ketones is 1. The van der Waals surface area contributed by atoms with Gasteiger partial charge in [0, 0.05) is 24.4 Å². The molecular weight excluding hydrogens is 510 g/mol. The summed E-state index contributed by atoms with van der Waals surface area (Å²) in [6.45, 7) is 7.87. The standard InChI is InChI=1S/C31H35N3O4S/c1-17(2)27(25-13-22-7-5-6-8-24(22)28(25)36)31(38)34-15-23(35)14-26(34)30(37)33-18(3)20-9-11-21(12-10-20)29-19(4)32-16-39-29/h5-12,16-18,23,25-27,35H,13-15H2,1-4H3,(H,33,37)/t18?,23-,25?,26?,27?/m1/s1. The Morgan fingerprint density at radius 3 is 2.46 bits per heavy atom. The van der Waals surface area contributed by atoms with Crippen LogP contribution < -0.4 is 5.32 Å². The van der Waals surface area contributed by atoms with Crippen LogP contribution in [0.15, 0.2) is 54.0 Å². The first-order chi connectivity index (χ1) is 18.7. The van der Waals surface area contributed by atoms with E-state index < -0.39 is 24.0 Å². The molecule has 1 aromatic heterocycles. The minimum absolute atomic E-state index is 0.0102. The zero-order valence-corrected chi connectivity index (χ0v) is 23.6. The molecule has 1 fully saturated rings. The van der Waals surface area contributed by atoms with Crippen LogP contribution in [0.4, 0.5) is 0 Å². The summed E-state index contributed by atoms with van der Waals surface area (Å²) in [6.07, 6.45) is -0.0890. The van der Waals surface area contributed by atoms with Crippen molar-refractivity contribution in [2.45, 2.75) is 58.7 Å². The van der Waals surface area contributed by atoms with E-state index in [1.165, 1.54) is 4.90 Å². The molecular formula is C31H35N3O4S. The number of thiazole rings is 1. The summed E-state index contributed by atoms with van der Waals surface area (Å²) in [4.78, 5) is 47.6. The number of hydrogen-bond acceptors (Lipinski definition) is 6. The molecule has 0 spiro atoms. The number of carbonyl (C=O) groups is 3. The zero-order chi connectivity index (χ0) is 27.8. The number of aliphatic hydroxyl groups excluding tert-OH is 1. The molecule has 0 saturated carbocycles. The van der Waals surface area contributed by atoms with Crippen LogP contribution in [0.5, 0.6) is 0 Å². The summed E-state index contributed by atoms with van der Waals surface area (Å²) in [5, 5.41) is 13.5. The lowest BCUT2D eigenvalue weighted by Crippen LogP contribution is -2.50. The number of rotatable bonds is 7. The number of amides is 2. The monoisotopic (exact) mass is 545 g/mol. The maximum absolute atomic E-state index is 13.9. The van der Waals surface area contributed by atoms with Crippen LogP contribution in [0.3, 0.4) is 0 Å². The summed E-state index contributed by atoms with van der Waals surface area (Å²) < 4.78 is 0. The number of fused-ring (bicyclic) bond motifs is 1. The first kappa shape index (κ1) is 27.2. The average molecular weight is 546 g/mol. The van der Waals surface area contributed by atoms with Gasteiger partial charge in [0.15, 0.2) is 5.78 Å². The Bertz CT molecular complexity index is 1380. The largest absolute Gasteiger partial charge is 0.391 e. The Morgan fingerprint density at radius 1 is 1.10 bits per heavy atom. The van der Waals surface area contributed by atoms with Gasteiger partial charge in [0.25, 0.3) is 0 Å². The summed E-state index contributed by atoms with van der Waals surface area (Å²) in [6, 6.07) is 14.5. The molecule has 204 valence electrons. The second-order valence-corrected chi connectivity index (χ2v) is 12.0. The minimum Gasteiger partial charge on any atom is -0.391 e. The van der Waals surface area contributed by atoms with Gasteiger partial charge in [-0.15, -0.1) is 11.3 Å². The number of β-amino-alcohol motifs (C(OH)–C–C–N with tert-alkyl or cyclic N) is 1.